The molecular weight excluding hydrogens is 190 g/mol. The highest BCUT2D eigenvalue weighted by Gasteiger charge is 2.19. The fourth-order valence-corrected chi connectivity index (χ4v) is 1.51. The molecule has 3 nitrogen and oxygen atoms in total. The first-order valence-corrected chi connectivity index (χ1v) is 6.04. The van der Waals surface area contributed by atoms with E-state index >= 15 is 0 Å². The molecule has 0 aliphatic rings. The molecule has 0 bridgehead atoms. The molecule has 1 N–H and O–H groups in total. The number of hydrogen-bond acceptors (Lipinski definition) is 3. The Morgan fingerprint density at radius 2 is 1.93 bits per heavy atom. The largest absolute Gasteiger partial charge is 0.465 e. The highest BCUT2D eigenvalue weighted by molar-refractivity contribution is 5.75. The Hall–Kier alpha value is -0.570. The van der Waals surface area contributed by atoms with Crippen LogP contribution in [0, 0.1) is 0 Å². The van der Waals surface area contributed by atoms with Gasteiger partial charge in [0.15, 0.2) is 0 Å². The third-order valence-electron chi connectivity index (χ3n) is 2.20. The van der Waals surface area contributed by atoms with Gasteiger partial charge in [-0.1, -0.05) is 40.0 Å². The first-order chi connectivity index (χ1) is 7.11. The van der Waals surface area contributed by atoms with Gasteiger partial charge in [-0.2, -0.15) is 0 Å². The monoisotopic (exact) mass is 215 g/mol. The van der Waals surface area contributed by atoms with Gasteiger partial charge in [0, 0.05) is 6.04 Å². The van der Waals surface area contributed by atoms with Gasteiger partial charge >= 0.3 is 5.97 Å². The van der Waals surface area contributed by atoms with E-state index in [0.29, 0.717) is 12.6 Å². The maximum absolute atomic E-state index is 11.6. The maximum atomic E-state index is 11.6. The van der Waals surface area contributed by atoms with Crippen LogP contribution in [0.2, 0.25) is 0 Å². The average Bonchev–Trinajstić information content (AvgIpc) is 2.16. The van der Waals surface area contributed by atoms with Crippen LogP contribution in [0.1, 0.15) is 53.4 Å². The SMILES string of the molecule is CCCCCC(NC(C)C)C(=O)OCC. The van der Waals surface area contributed by atoms with Crippen molar-refractivity contribution in [2.75, 3.05) is 6.61 Å². The van der Waals surface area contributed by atoms with Crippen LogP contribution < -0.4 is 5.32 Å². The van der Waals surface area contributed by atoms with Gasteiger partial charge in [0.05, 0.1) is 6.61 Å². The van der Waals surface area contributed by atoms with E-state index in [4.69, 9.17) is 4.74 Å². The summed E-state index contributed by atoms with van der Waals surface area (Å²) in [5.74, 6) is -0.109. The van der Waals surface area contributed by atoms with Crippen molar-refractivity contribution in [1.29, 1.82) is 0 Å². The molecule has 15 heavy (non-hydrogen) atoms. The van der Waals surface area contributed by atoms with E-state index < -0.39 is 0 Å². The lowest BCUT2D eigenvalue weighted by molar-refractivity contribution is -0.146. The normalized spacial score (nSPS) is 12.9. The highest BCUT2D eigenvalue weighted by Crippen LogP contribution is 2.06. The lowest BCUT2D eigenvalue weighted by atomic mass is 10.1. The zero-order chi connectivity index (χ0) is 11.7. The average molecular weight is 215 g/mol. The van der Waals surface area contributed by atoms with E-state index in [0.717, 1.165) is 12.8 Å². The second kappa shape index (κ2) is 8.72. The molecule has 0 aromatic heterocycles. The number of carbonyl (C=O) groups excluding carboxylic acids is 1. The van der Waals surface area contributed by atoms with Crippen molar-refractivity contribution in [1.82, 2.24) is 5.32 Å². The third-order valence-corrected chi connectivity index (χ3v) is 2.20. The van der Waals surface area contributed by atoms with E-state index in [2.05, 4.69) is 12.2 Å². The summed E-state index contributed by atoms with van der Waals surface area (Å²) in [4.78, 5) is 11.6. The smallest absolute Gasteiger partial charge is 0.323 e. The Morgan fingerprint density at radius 1 is 1.27 bits per heavy atom. The van der Waals surface area contributed by atoms with Gasteiger partial charge in [-0.25, -0.2) is 0 Å². The zero-order valence-electron chi connectivity index (χ0n) is 10.5. The summed E-state index contributed by atoms with van der Waals surface area (Å²) in [6.07, 6.45) is 4.32. The molecule has 0 aromatic rings. The fraction of sp³-hybridized carbons (Fsp3) is 0.917. The van der Waals surface area contributed by atoms with Crippen LogP contribution in [0.3, 0.4) is 0 Å². The second-order valence-electron chi connectivity index (χ2n) is 4.12. The number of esters is 1. The summed E-state index contributed by atoms with van der Waals surface area (Å²) in [7, 11) is 0. The van der Waals surface area contributed by atoms with Gasteiger partial charge < -0.3 is 10.1 Å². The van der Waals surface area contributed by atoms with Crippen molar-refractivity contribution in [3.63, 3.8) is 0 Å². The minimum absolute atomic E-state index is 0.109. The van der Waals surface area contributed by atoms with Crippen molar-refractivity contribution in [3.8, 4) is 0 Å². The molecule has 0 aliphatic carbocycles. The standard InChI is InChI=1S/C12H25NO2/c1-5-7-8-9-11(13-10(3)4)12(14)15-6-2/h10-11,13H,5-9H2,1-4H3. The van der Waals surface area contributed by atoms with E-state index in [1.165, 1.54) is 12.8 Å². The van der Waals surface area contributed by atoms with Crippen LogP contribution >= 0.6 is 0 Å². The molecule has 0 aliphatic heterocycles. The number of carbonyl (C=O) groups is 1. The van der Waals surface area contributed by atoms with Gasteiger partial charge in [0.1, 0.15) is 6.04 Å². The molecule has 3 heteroatoms. The molecule has 0 amide bonds. The Kier molecular flexibility index (Phi) is 8.38. The van der Waals surface area contributed by atoms with Gasteiger partial charge in [-0.3, -0.25) is 4.79 Å². The second-order valence-corrected chi connectivity index (χ2v) is 4.12. The van der Waals surface area contributed by atoms with Crippen LogP contribution in [-0.4, -0.2) is 24.7 Å². The zero-order valence-corrected chi connectivity index (χ0v) is 10.5. The minimum Gasteiger partial charge on any atom is -0.465 e. The molecule has 1 unspecified atom stereocenters. The van der Waals surface area contributed by atoms with Crippen molar-refractivity contribution in [2.45, 2.75) is 65.5 Å². The van der Waals surface area contributed by atoms with Crippen molar-refractivity contribution in [2.24, 2.45) is 0 Å². The fourth-order valence-electron chi connectivity index (χ4n) is 1.51. The first-order valence-electron chi connectivity index (χ1n) is 6.04. The number of rotatable bonds is 8. The molecule has 0 saturated heterocycles. The van der Waals surface area contributed by atoms with E-state index in [1.807, 2.05) is 20.8 Å². The van der Waals surface area contributed by atoms with E-state index in [9.17, 15) is 4.79 Å². The molecule has 0 radical (unpaired) electrons. The summed E-state index contributed by atoms with van der Waals surface area (Å²) in [6, 6.07) is 0.192. The van der Waals surface area contributed by atoms with Crippen LogP contribution in [0.4, 0.5) is 0 Å². The molecule has 0 saturated carbocycles. The minimum atomic E-state index is -0.128. The van der Waals surface area contributed by atoms with Crippen LogP contribution in [0.25, 0.3) is 0 Å². The van der Waals surface area contributed by atoms with Gasteiger partial charge in [0.2, 0.25) is 0 Å². The molecule has 0 spiro atoms. The summed E-state index contributed by atoms with van der Waals surface area (Å²) in [5.41, 5.74) is 0. The number of unbranched alkanes of at least 4 members (excludes halogenated alkanes) is 2. The van der Waals surface area contributed by atoms with Crippen LogP contribution in [0.15, 0.2) is 0 Å². The summed E-state index contributed by atoms with van der Waals surface area (Å²) < 4.78 is 5.03. The molecule has 0 aromatic carbocycles. The Bertz CT molecular complexity index is 169. The molecule has 90 valence electrons. The third kappa shape index (κ3) is 7.37. The van der Waals surface area contributed by atoms with Gasteiger partial charge in [-0.05, 0) is 13.3 Å². The van der Waals surface area contributed by atoms with E-state index in [-0.39, 0.29) is 12.0 Å². The Morgan fingerprint density at radius 3 is 2.40 bits per heavy atom. The number of hydrogen-bond donors (Lipinski definition) is 1. The lowest BCUT2D eigenvalue weighted by Crippen LogP contribution is -2.41. The number of nitrogens with one attached hydrogen (secondary N) is 1. The van der Waals surface area contributed by atoms with Gasteiger partial charge in [0.25, 0.3) is 0 Å². The summed E-state index contributed by atoms with van der Waals surface area (Å²) in [6.45, 7) is 8.56. The van der Waals surface area contributed by atoms with Crippen molar-refractivity contribution < 1.29 is 9.53 Å². The lowest BCUT2D eigenvalue weighted by Gasteiger charge is -2.19. The predicted molar refractivity (Wildman–Crippen MR) is 62.8 cm³/mol. The first kappa shape index (κ1) is 14.4. The van der Waals surface area contributed by atoms with Gasteiger partial charge in [-0.15, -0.1) is 0 Å². The molecule has 0 fully saturated rings. The molecule has 0 heterocycles. The maximum Gasteiger partial charge on any atom is 0.323 e. The Balaban J connectivity index is 3.99. The van der Waals surface area contributed by atoms with E-state index in [1.54, 1.807) is 0 Å². The highest BCUT2D eigenvalue weighted by atomic mass is 16.5. The molecule has 0 rings (SSSR count). The predicted octanol–water partition coefficient (Wildman–Crippen LogP) is 2.50. The summed E-state index contributed by atoms with van der Waals surface area (Å²) in [5, 5.41) is 3.25. The topological polar surface area (TPSA) is 38.3 Å². The summed E-state index contributed by atoms with van der Waals surface area (Å²) >= 11 is 0. The Labute approximate surface area is 93.6 Å². The van der Waals surface area contributed by atoms with Crippen molar-refractivity contribution >= 4 is 5.97 Å². The quantitative estimate of drug-likeness (QED) is 0.499. The van der Waals surface area contributed by atoms with Crippen LogP contribution in [-0.2, 0) is 9.53 Å². The number of ether oxygens (including phenoxy) is 1. The van der Waals surface area contributed by atoms with Crippen LogP contribution in [0.5, 0.6) is 0 Å². The van der Waals surface area contributed by atoms with Crippen molar-refractivity contribution in [3.05, 3.63) is 0 Å². The molecule has 1 atom stereocenters. The molecular formula is C12H25NO2.